The molecule has 1 atom stereocenters. The van der Waals surface area contributed by atoms with Crippen LogP contribution >= 0.6 is 27.5 Å². The van der Waals surface area contributed by atoms with Crippen molar-refractivity contribution in [2.24, 2.45) is 5.92 Å². The van der Waals surface area contributed by atoms with Gasteiger partial charge in [0.2, 0.25) is 21.8 Å². The van der Waals surface area contributed by atoms with Gasteiger partial charge in [0.1, 0.15) is 6.04 Å². The number of nitrogens with zero attached hydrogens (tertiary/aromatic N) is 2. The van der Waals surface area contributed by atoms with Crippen molar-refractivity contribution in [3.8, 4) is 0 Å². The Morgan fingerprint density at radius 3 is 2.30 bits per heavy atom. The zero-order valence-corrected chi connectivity index (χ0v) is 22.2. The maximum absolute atomic E-state index is 13.3. The lowest BCUT2D eigenvalue weighted by Crippen LogP contribution is -2.51. The number of sulfonamides is 1. The summed E-state index contributed by atoms with van der Waals surface area (Å²) in [6, 6.07) is 12.3. The first kappa shape index (κ1) is 27.3. The van der Waals surface area contributed by atoms with Gasteiger partial charge in [-0.15, -0.1) is 0 Å². The van der Waals surface area contributed by atoms with Crippen LogP contribution in [0.1, 0.15) is 26.3 Å². The van der Waals surface area contributed by atoms with E-state index in [0.29, 0.717) is 11.6 Å². The van der Waals surface area contributed by atoms with E-state index in [9.17, 15) is 18.0 Å². The molecule has 0 radical (unpaired) electrons. The van der Waals surface area contributed by atoms with Crippen molar-refractivity contribution in [2.45, 2.75) is 38.3 Å². The average Bonchev–Trinajstić information content (AvgIpc) is 2.75. The van der Waals surface area contributed by atoms with Gasteiger partial charge in [-0.05, 0) is 54.8 Å². The number of carbonyl (C=O) groups excluding carboxylic acids is 2. The van der Waals surface area contributed by atoms with Gasteiger partial charge in [0.15, 0.2) is 0 Å². The summed E-state index contributed by atoms with van der Waals surface area (Å²) < 4.78 is 27.6. The number of nitrogens with one attached hydrogen (secondary N) is 1. The molecule has 33 heavy (non-hydrogen) atoms. The predicted molar refractivity (Wildman–Crippen MR) is 133 cm³/mol. The highest BCUT2D eigenvalue weighted by atomic mass is 79.9. The normalized spacial score (nSPS) is 12.6. The first-order chi connectivity index (χ1) is 15.4. The molecule has 0 fully saturated rings. The van der Waals surface area contributed by atoms with Crippen LogP contribution in [0.3, 0.4) is 0 Å². The number of carbonyl (C=O) groups is 2. The number of hydrogen-bond acceptors (Lipinski definition) is 4. The molecule has 2 rings (SSSR count). The molecule has 1 N–H and O–H groups in total. The Bertz CT molecular complexity index is 1080. The number of amides is 2. The topological polar surface area (TPSA) is 86.8 Å². The second-order valence-electron chi connectivity index (χ2n) is 8.18. The van der Waals surface area contributed by atoms with Gasteiger partial charge in [-0.1, -0.05) is 53.5 Å². The summed E-state index contributed by atoms with van der Waals surface area (Å²) in [4.78, 5) is 27.4. The van der Waals surface area contributed by atoms with Gasteiger partial charge >= 0.3 is 0 Å². The predicted octanol–water partition coefficient (Wildman–Crippen LogP) is 3.91. The molecule has 0 saturated carbocycles. The largest absolute Gasteiger partial charge is 0.354 e. The Balaban J connectivity index is 2.25. The lowest BCUT2D eigenvalue weighted by molar-refractivity contribution is -0.140. The monoisotopic (exact) mass is 557 g/mol. The summed E-state index contributed by atoms with van der Waals surface area (Å²) in [5.74, 6) is -0.525. The van der Waals surface area contributed by atoms with Gasteiger partial charge in [-0.25, -0.2) is 8.42 Å². The molecule has 0 aliphatic heterocycles. The summed E-state index contributed by atoms with van der Waals surface area (Å²) in [6.07, 6.45) is 0. The molecule has 10 heteroatoms. The van der Waals surface area contributed by atoms with Crippen LogP contribution in [0.5, 0.6) is 0 Å². The van der Waals surface area contributed by atoms with Crippen molar-refractivity contribution < 1.29 is 18.0 Å². The number of rotatable bonds is 10. The minimum Gasteiger partial charge on any atom is -0.354 e. The van der Waals surface area contributed by atoms with E-state index >= 15 is 0 Å². The van der Waals surface area contributed by atoms with Crippen molar-refractivity contribution >= 4 is 49.4 Å². The lowest BCUT2D eigenvalue weighted by atomic mass is 10.1. The summed E-state index contributed by atoms with van der Waals surface area (Å²) in [6.45, 7) is 5.81. The molecule has 0 aliphatic carbocycles. The first-order valence-electron chi connectivity index (χ1n) is 10.5. The van der Waals surface area contributed by atoms with E-state index in [1.807, 2.05) is 38.1 Å². The van der Waals surface area contributed by atoms with Crippen LogP contribution in [0.4, 0.5) is 0 Å². The van der Waals surface area contributed by atoms with Crippen molar-refractivity contribution in [3.63, 3.8) is 0 Å². The molecule has 180 valence electrons. The van der Waals surface area contributed by atoms with Crippen LogP contribution in [-0.2, 0) is 26.2 Å². The Morgan fingerprint density at radius 1 is 1.09 bits per heavy atom. The van der Waals surface area contributed by atoms with Crippen LogP contribution in [-0.4, -0.2) is 55.6 Å². The molecule has 2 amide bonds. The highest BCUT2D eigenvalue weighted by molar-refractivity contribution is 9.10. The molecule has 7 nitrogen and oxygen atoms in total. The molecule has 0 aliphatic rings. The number of likely N-dealkylation sites (N-methyl/N-ethyl adjacent to an activating group) is 1. The maximum atomic E-state index is 13.3. The summed E-state index contributed by atoms with van der Waals surface area (Å²) in [5, 5.41) is 3.25. The molecule has 0 bridgehead atoms. The lowest BCUT2D eigenvalue weighted by Gasteiger charge is -2.30. The van der Waals surface area contributed by atoms with E-state index in [0.717, 1.165) is 14.3 Å². The third kappa shape index (κ3) is 7.81. The summed E-state index contributed by atoms with van der Waals surface area (Å²) in [7, 11) is -2.58. The summed E-state index contributed by atoms with van der Waals surface area (Å²) in [5.41, 5.74) is 0.810. The van der Waals surface area contributed by atoms with E-state index in [-0.39, 0.29) is 23.3 Å². The summed E-state index contributed by atoms with van der Waals surface area (Å²) >= 11 is 9.27. The highest BCUT2D eigenvalue weighted by Crippen LogP contribution is 2.19. The quantitative estimate of drug-likeness (QED) is 0.479. The average molecular weight is 559 g/mol. The number of benzene rings is 2. The van der Waals surface area contributed by atoms with Crippen LogP contribution in [0.25, 0.3) is 0 Å². The Morgan fingerprint density at radius 2 is 1.73 bits per heavy atom. The van der Waals surface area contributed by atoms with Gasteiger partial charge < -0.3 is 10.2 Å². The Kier molecular flexibility index (Phi) is 9.90. The third-order valence-electron chi connectivity index (χ3n) is 4.97. The molecule has 2 aromatic carbocycles. The van der Waals surface area contributed by atoms with Crippen LogP contribution < -0.4 is 5.32 Å². The minimum atomic E-state index is -3.91. The van der Waals surface area contributed by atoms with Gasteiger partial charge in [0.25, 0.3) is 0 Å². The molecular weight excluding hydrogens is 530 g/mol. The van der Waals surface area contributed by atoms with Crippen LogP contribution in [0.15, 0.2) is 57.9 Å². The fourth-order valence-electron chi connectivity index (χ4n) is 3.02. The first-order valence-corrected chi connectivity index (χ1v) is 13.1. The zero-order chi connectivity index (χ0) is 24.8. The second kappa shape index (κ2) is 12.0. The van der Waals surface area contributed by atoms with E-state index in [1.54, 1.807) is 6.92 Å². The Hall–Kier alpha value is -1.94. The van der Waals surface area contributed by atoms with E-state index < -0.39 is 28.5 Å². The van der Waals surface area contributed by atoms with Crippen LogP contribution in [0.2, 0.25) is 5.02 Å². The molecule has 0 heterocycles. The minimum absolute atomic E-state index is 0.0310. The molecular formula is C23H29BrClN3O4S. The molecule has 0 spiro atoms. The van der Waals surface area contributed by atoms with Crippen molar-refractivity contribution in [1.82, 2.24) is 14.5 Å². The standard InChI is InChI=1S/C23H29BrClN3O4S/c1-16(2)13-26-23(30)17(3)28(14-18-6-5-7-19(24)12-18)22(29)15-27(4)33(31,32)21-10-8-20(25)9-11-21/h5-12,16-17H,13-15H2,1-4H3,(H,26,30). The highest BCUT2D eigenvalue weighted by Gasteiger charge is 2.30. The fourth-order valence-corrected chi connectivity index (χ4v) is 4.71. The second-order valence-corrected chi connectivity index (χ2v) is 11.6. The van der Waals surface area contributed by atoms with E-state index in [2.05, 4.69) is 21.2 Å². The molecule has 0 aromatic heterocycles. The van der Waals surface area contributed by atoms with E-state index in [1.165, 1.54) is 36.2 Å². The fraction of sp³-hybridized carbons (Fsp3) is 0.391. The smallest absolute Gasteiger partial charge is 0.243 e. The number of halogens is 2. The molecule has 0 saturated heterocycles. The molecule has 2 aromatic rings. The van der Waals surface area contributed by atoms with Gasteiger partial charge in [-0.2, -0.15) is 4.31 Å². The number of hydrogen-bond donors (Lipinski definition) is 1. The van der Waals surface area contributed by atoms with Crippen molar-refractivity contribution in [1.29, 1.82) is 0 Å². The van der Waals surface area contributed by atoms with Crippen LogP contribution in [0, 0.1) is 5.92 Å². The Labute approximate surface area is 209 Å². The van der Waals surface area contributed by atoms with Gasteiger partial charge in [0.05, 0.1) is 11.4 Å². The van der Waals surface area contributed by atoms with E-state index in [4.69, 9.17) is 11.6 Å². The van der Waals surface area contributed by atoms with Crippen molar-refractivity contribution in [3.05, 3.63) is 63.6 Å². The van der Waals surface area contributed by atoms with Gasteiger partial charge in [0, 0.05) is 29.6 Å². The maximum Gasteiger partial charge on any atom is 0.243 e. The SMILES string of the molecule is CC(C)CNC(=O)C(C)N(Cc1cccc(Br)c1)C(=O)CN(C)S(=O)(=O)c1ccc(Cl)cc1. The third-order valence-corrected chi connectivity index (χ3v) is 7.54. The van der Waals surface area contributed by atoms with Crippen molar-refractivity contribution in [2.75, 3.05) is 20.1 Å². The molecule has 1 unspecified atom stereocenters. The zero-order valence-electron chi connectivity index (χ0n) is 19.1. The van der Waals surface area contributed by atoms with Gasteiger partial charge in [-0.3, -0.25) is 9.59 Å².